The number of benzene rings is 1. The van der Waals surface area contributed by atoms with Crippen LogP contribution in [0.1, 0.15) is 18.4 Å². The van der Waals surface area contributed by atoms with E-state index in [1.165, 1.54) is 0 Å². The molecule has 0 spiro atoms. The lowest BCUT2D eigenvalue weighted by Crippen LogP contribution is -2.34. The van der Waals surface area contributed by atoms with Crippen molar-refractivity contribution >= 4 is 5.91 Å². The number of aromatic hydroxyl groups is 1. The summed E-state index contributed by atoms with van der Waals surface area (Å²) in [6.07, 6.45) is 2.50. The Morgan fingerprint density at radius 1 is 1.50 bits per heavy atom. The zero-order valence-electron chi connectivity index (χ0n) is 10.4. The predicted molar refractivity (Wildman–Crippen MR) is 68.4 cm³/mol. The Bertz CT molecular complexity index is 400. The van der Waals surface area contributed by atoms with Crippen molar-refractivity contribution in [3.63, 3.8) is 0 Å². The average Bonchev–Trinajstić information content (AvgIpc) is 2.38. The molecule has 1 aromatic rings. The minimum Gasteiger partial charge on any atom is -0.508 e. The standard InChI is InChI=1S/C14H19NO3/c16-13-5-1-3-11(7-13)8-14(17)15-9-12-4-2-6-18-10-12/h1,3,5,7,12,16H,2,4,6,8-10H2,(H,15,17). The summed E-state index contributed by atoms with van der Waals surface area (Å²) in [6.45, 7) is 2.26. The van der Waals surface area contributed by atoms with Crippen molar-refractivity contribution in [1.82, 2.24) is 5.32 Å². The lowest BCUT2D eigenvalue weighted by Gasteiger charge is -2.22. The maximum absolute atomic E-state index is 11.7. The fraction of sp³-hybridized carbons (Fsp3) is 0.500. The Kier molecular flexibility index (Phi) is 4.59. The van der Waals surface area contributed by atoms with Crippen LogP contribution in [0.25, 0.3) is 0 Å². The number of hydrogen-bond acceptors (Lipinski definition) is 3. The third-order valence-electron chi connectivity index (χ3n) is 3.12. The van der Waals surface area contributed by atoms with Crippen LogP contribution in [0.4, 0.5) is 0 Å². The zero-order chi connectivity index (χ0) is 12.8. The van der Waals surface area contributed by atoms with Gasteiger partial charge in [-0.3, -0.25) is 4.79 Å². The van der Waals surface area contributed by atoms with Crippen LogP contribution < -0.4 is 5.32 Å². The number of phenolic OH excluding ortho intramolecular Hbond substituents is 1. The van der Waals surface area contributed by atoms with E-state index >= 15 is 0 Å². The molecule has 1 fully saturated rings. The van der Waals surface area contributed by atoms with E-state index in [0.717, 1.165) is 31.6 Å². The summed E-state index contributed by atoms with van der Waals surface area (Å²) in [7, 11) is 0. The van der Waals surface area contributed by atoms with Crippen molar-refractivity contribution < 1.29 is 14.6 Å². The second-order valence-corrected chi connectivity index (χ2v) is 4.73. The number of carbonyl (C=O) groups is 1. The monoisotopic (exact) mass is 249 g/mol. The largest absolute Gasteiger partial charge is 0.508 e. The van der Waals surface area contributed by atoms with Gasteiger partial charge in [0.15, 0.2) is 0 Å². The highest BCUT2D eigenvalue weighted by Crippen LogP contribution is 2.13. The highest BCUT2D eigenvalue weighted by molar-refractivity contribution is 5.78. The van der Waals surface area contributed by atoms with Gasteiger partial charge in [-0.05, 0) is 36.5 Å². The number of ether oxygens (including phenoxy) is 1. The van der Waals surface area contributed by atoms with Gasteiger partial charge in [0.05, 0.1) is 13.0 Å². The van der Waals surface area contributed by atoms with Crippen LogP contribution in [-0.2, 0) is 16.0 Å². The molecule has 98 valence electrons. The molecule has 0 saturated carbocycles. The van der Waals surface area contributed by atoms with Crippen LogP contribution in [0.2, 0.25) is 0 Å². The van der Waals surface area contributed by atoms with E-state index in [1.54, 1.807) is 18.2 Å². The number of phenols is 1. The third kappa shape index (κ3) is 4.04. The highest BCUT2D eigenvalue weighted by atomic mass is 16.5. The molecule has 2 rings (SSSR count). The van der Waals surface area contributed by atoms with Crippen molar-refractivity contribution in [1.29, 1.82) is 0 Å². The smallest absolute Gasteiger partial charge is 0.224 e. The minimum absolute atomic E-state index is 0.00817. The molecule has 1 atom stereocenters. The maximum atomic E-state index is 11.7. The molecule has 1 unspecified atom stereocenters. The molecule has 1 aromatic carbocycles. The maximum Gasteiger partial charge on any atom is 0.224 e. The number of nitrogens with one attached hydrogen (secondary N) is 1. The van der Waals surface area contributed by atoms with Crippen molar-refractivity contribution in [3.8, 4) is 5.75 Å². The Morgan fingerprint density at radius 3 is 3.11 bits per heavy atom. The molecule has 1 saturated heterocycles. The van der Waals surface area contributed by atoms with Crippen molar-refractivity contribution in [3.05, 3.63) is 29.8 Å². The topological polar surface area (TPSA) is 58.6 Å². The molecule has 1 aliphatic rings. The molecule has 0 aliphatic carbocycles. The van der Waals surface area contributed by atoms with Crippen LogP contribution >= 0.6 is 0 Å². The van der Waals surface area contributed by atoms with E-state index in [1.807, 2.05) is 6.07 Å². The summed E-state index contributed by atoms with van der Waals surface area (Å²) in [5.74, 6) is 0.624. The van der Waals surface area contributed by atoms with Crippen molar-refractivity contribution in [2.45, 2.75) is 19.3 Å². The summed E-state index contributed by atoms with van der Waals surface area (Å²) < 4.78 is 5.36. The zero-order valence-corrected chi connectivity index (χ0v) is 10.4. The molecular formula is C14H19NO3. The molecule has 1 aliphatic heterocycles. The number of hydrogen-bond donors (Lipinski definition) is 2. The van der Waals surface area contributed by atoms with Crippen molar-refractivity contribution in [2.75, 3.05) is 19.8 Å². The quantitative estimate of drug-likeness (QED) is 0.849. The highest BCUT2D eigenvalue weighted by Gasteiger charge is 2.14. The number of rotatable bonds is 4. The average molecular weight is 249 g/mol. The fourth-order valence-corrected chi connectivity index (χ4v) is 2.14. The molecule has 1 amide bonds. The normalized spacial score (nSPS) is 19.4. The van der Waals surface area contributed by atoms with Crippen LogP contribution in [0.5, 0.6) is 5.75 Å². The van der Waals surface area contributed by atoms with E-state index in [-0.39, 0.29) is 11.7 Å². The molecular weight excluding hydrogens is 230 g/mol. The molecule has 0 radical (unpaired) electrons. The first-order valence-electron chi connectivity index (χ1n) is 6.36. The molecule has 2 N–H and O–H groups in total. The molecule has 18 heavy (non-hydrogen) atoms. The van der Waals surface area contributed by atoms with Gasteiger partial charge in [-0.1, -0.05) is 12.1 Å². The summed E-state index contributed by atoms with van der Waals surface area (Å²) in [5, 5.41) is 12.2. The summed E-state index contributed by atoms with van der Waals surface area (Å²) in [6, 6.07) is 6.79. The lowest BCUT2D eigenvalue weighted by molar-refractivity contribution is -0.120. The summed E-state index contributed by atoms with van der Waals surface area (Å²) >= 11 is 0. The lowest BCUT2D eigenvalue weighted by atomic mass is 10.0. The van der Waals surface area contributed by atoms with Crippen LogP contribution in [-0.4, -0.2) is 30.8 Å². The van der Waals surface area contributed by atoms with Gasteiger partial charge in [0.2, 0.25) is 5.91 Å². The van der Waals surface area contributed by atoms with Crippen LogP contribution in [0, 0.1) is 5.92 Å². The van der Waals surface area contributed by atoms with Gasteiger partial charge >= 0.3 is 0 Å². The van der Waals surface area contributed by atoms with Gasteiger partial charge in [-0.25, -0.2) is 0 Å². The van der Waals surface area contributed by atoms with Crippen LogP contribution in [0.15, 0.2) is 24.3 Å². The SMILES string of the molecule is O=C(Cc1cccc(O)c1)NCC1CCCOC1. The molecule has 4 nitrogen and oxygen atoms in total. The first-order chi connectivity index (χ1) is 8.74. The first kappa shape index (κ1) is 12.9. The second kappa shape index (κ2) is 6.40. The van der Waals surface area contributed by atoms with Gasteiger partial charge in [0.25, 0.3) is 0 Å². The van der Waals surface area contributed by atoms with Gasteiger partial charge in [-0.15, -0.1) is 0 Å². The Hall–Kier alpha value is -1.55. The fourth-order valence-electron chi connectivity index (χ4n) is 2.14. The molecule has 0 bridgehead atoms. The number of amides is 1. The Morgan fingerprint density at radius 2 is 2.39 bits per heavy atom. The Balaban J connectivity index is 1.74. The second-order valence-electron chi connectivity index (χ2n) is 4.73. The van der Waals surface area contributed by atoms with E-state index in [4.69, 9.17) is 4.74 Å². The Labute approximate surface area is 107 Å². The molecule has 1 heterocycles. The minimum atomic E-state index is -0.00817. The van der Waals surface area contributed by atoms with Gasteiger partial charge in [0.1, 0.15) is 5.75 Å². The summed E-state index contributed by atoms with van der Waals surface area (Å²) in [4.78, 5) is 11.7. The van der Waals surface area contributed by atoms with E-state index < -0.39 is 0 Å². The number of carbonyl (C=O) groups excluding carboxylic acids is 1. The molecule has 0 aromatic heterocycles. The van der Waals surface area contributed by atoms with Gasteiger partial charge < -0.3 is 15.2 Å². The van der Waals surface area contributed by atoms with Crippen LogP contribution in [0.3, 0.4) is 0 Å². The first-order valence-corrected chi connectivity index (χ1v) is 6.36. The summed E-state index contributed by atoms with van der Waals surface area (Å²) in [5.41, 5.74) is 0.826. The van der Waals surface area contributed by atoms with Gasteiger partial charge in [0, 0.05) is 13.2 Å². The van der Waals surface area contributed by atoms with E-state index in [9.17, 15) is 9.90 Å². The predicted octanol–water partition coefficient (Wildman–Crippen LogP) is 1.48. The van der Waals surface area contributed by atoms with E-state index in [2.05, 4.69) is 5.32 Å². The van der Waals surface area contributed by atoms with E-state index in [0.29, 0.717) is 18.9 Å². The molecule has 4 heteroatoms. The third-order valence-corrected chi connectivity index (χ3v) is 3.12. The van der Waals surface area contributed by atoms with Gasteiger partial charge in [-0.2, -0.15) is 0 Å². The van der Waals surface area contributed by atoms with Crippen molar-refractivity contribution in [2.24, 2.45) is 5.92 Å².